The molecule has 0 bridgehead atoms. The molecule has 6 nitrogen and oxygen atoms in total. The van der Waals surface area contributed by atoms with Crippen LogP contribution in [0.2, 0.25) is 0 Å². The molecule has 0 amide bonds. The Morgan fingerprint density at radius 3 is 1.77 bits per heavy atom. The maximum atomic E-state index is 10.9. The second-order valence-electron chi connectivity index (χ2n) is 12.8. The molecule has 1 radical (unpaired) electrons. The second kappa shape index (κ2) is 15.7. The van der Waals surface area contributed by atoms with Gasteiger partial charge in [0.2, 0.25) is 0 Å². The van der Waals surface area contributed by atoms with Crippen molar-refractivity contribution < 1.29 is 36.9 Å². The second-order valence-corrected chi connectivity index (χ2v) is 12.8. The van der Waals surface area contributed by atoms with E-state index in [0.29, 0.717) is 24.1 Å². The van der Waals surface area contributed by atoms with Crippen molar-refractivity contribution in [3.05, 3.63) is 107 Å². The van der Waals surface area contributed by atoms with E-state index >= 15 is 0 Å². The summed E-state index contributed by atoms with van der Waals surface area (Å²) in [6, 6.07) is 26.3. The van der Waals surface area contributed by atoms with E-state index < -0.39 is 5.97 Å². The molecule has 0 aliphatic rings. The molecule has 0 saturated heterocycles. The third-order valence-corrected chi connectivity index (χ3v) is 7.01. The van der Waals surface area contributed by atoms with Gasteiger partial charge in [0, 0.05) is 47.3 Å². The molecule has 0 saturated carbocycles. The number of carbonyl (C=O) groups is 1. The summed E-state index contributed by atoms with van der Waals surface area (Å²) in [5.74, 6) is -0.294. The van der Waals surface area contributed by atoms with Crippen molar-refractivity contribution in [3.63, 3.8) is 0 Å². The van der Waals surface area contributed by atoms with Gasteiger partial charge in [-0.3, -0.25) is 14.8 Å². The zero-order chi connectivity index (χ0) is 31.8. The minimum Gasteiger partial charge on any atom is -0.507 e. The monoisotopic (exact) mass is 639 g/mol. The van der Waals surface area contributed by atoms with E-state index in [-0.39, 0.29) is 45.1 Å². The maximum Gasteiger partial charge on any atom is 0.300 e. The van der Waals surface area contributed by atoms with E-state index in [4.69, 9.17) is 19.9 Å². The molecule has 0 spiro atoms. The fraction of sp³-hybridized carbons (Fsp3) is 0.324. The van der Waals surface area contributed by atoms with Gasteiger partial charge in [-0.1, -0.05) is 108 Å². The minimum atomic E-state index is -0.833. The Labute approximate surface area is 271 Å². The zero-order valence-electron chi connectivity index (χ0n) is 26.6. The number of hydrogen-bond acceptors (Lipinski definition) is 5. The van der Waals surface area contributed by atoms with Crippen molar-refractivity contribution in [3.8, 4) is 11.5 Å². The van der Waals surface area contributed by atoms with Crippen LogP contribution in [-0.4, -0.2) is 46.3 Å². The molecule has 7 heteroatoms. The number of rotatable bonds is 7. The first-order valence-corrected chi connectivity index (χ1v) is 14.5. The van der Waals surface area contributed by atoms with Gasteiger partial charge < -0.3 is 15.3 Å². The van der Waals surface area contributed by atoms with Gasteiger partial charge in [-0.25, -0.2) is 0 Å². The molecule has 0 aromatic heterocycles. The summed E-state index contributed by atoms with van der Waals surface area (Å²) in [6.07, 6.45) is 4.21. The summed E-state index contributed by atoms with van der Waals surface area (Å²) in [5.41, 5.74) is 4.02. The Morgan fingerprint density at radius 2 is 1.25 bits per heavy atom. The van der Waals surface area contributed by atoms with Gasteiger partial charge in [0.05, 0.1) is 12.6 Å². The number of carboxylic acids is 1. The molecule has 0 fully saturated rings. The standard InChI is InChI=1S/C35H40N2O2.C2H4O2.Co/c1-34(2,3)30-15-9-13-27(32(30)38)21-36-23-29(20-24-17-18-25-11-7-8-12-26(25)19-24)37-22-28-14-10-16-31(33(28)39)35(4,5)6;1-2(3)4;/h7-19,21-22,29,38-39H,20,23H2,1-6H3;1H3,(H,3,4);. The van der Waals surface area contributed by atoms with Crippen LogP contribution in [0.1, 0.15) is 76.3 Å². The van der Waals surface area contributed by atoms with E-state index in [0.717, 1.165) is 18.1 Å². The van der Waals surface area contributed by atoms with Crippen LogP contribution in [0.3, 0.4) is 0 Å². The van der Waals surface area contributed by atoms with Crippen LogP contribution >= 0.6 is 0 Å². The van der Waals surface area contributed by atoms with Crippen LogP contribution in [0.4, 0.5) is 0 Å². The van der Waals surface area contributed by atoms with Crippen molar-refractivity contribution in [1.82, 2.24) is 0 Å². The Balaban J connectivity index is 0.00000127. The zero-order valence-corrected chi connectivity index (χ0v) is 27.7. The Morgan fingerprint density at radius 1 is 0.750 bits per heavy atom. The SMILES string of the molecule is CC(=O)O.CC(C)(C)c1cccc(C=NCC(Cc2ccc3ccccc3c2)N=Cc2cccc(C(C)(C)C)c2O)c1O.[Co]. The quantitative estimate of drug-likeness (QED) is 0.178. The third kappa shape index (κ3) is 10.4. The van der Waals surface area contributed by atoms with E-state index in [1.807, 2.05) is 42.5 Å². The van der Waals surface area contributed by atoms with Crippen LogP contribution < -0.4 is 0 Å². The minimum absolute atomic E-state index is 0. The molecule has 1 atom stereocenters. The average molecular weight is 640 g/mol. The summed E-state index contributed by atoms with van der Waals surface area (Å²) in [7, 11) is 0. The van der Waals surface area contributed by atoms with Gasteiger partial charge in [0.1, 0.15) is 11.5 Å². The molecule has 0 aliphatic heterocycles. The number of aliphatic imine (C=N–C) groups is 2. The normalized spacial score (nSPS) is 12.5. The summed E-state index contributed by atoms with van der Waals surface area (Å²) in [4.78, 5) is 18.6. The van der Waals surface area contributed by atoms with Gasteiger partial charge in [-0.2, -0.15) is 0 Å². The van der Waals surface area contributed by atoms with Gasteiger partial charge in [-0.05, 0) is 56.8 Å². The number of nitrogens with zero attached hydrogens (tertiary/aromatic N) is 2. The van der Waals surface area contributed by atoms with Crippen molar-refractivity contribution in [2.45, 2.75) is 71.8 Å². The largest absolute Gasteiger partial charge is 0.507 e. The Bertz CT molecular complexity index is 1610. The number of fused-ring (bicyclic) bond motifs is 1. The first-order valence-electron chi connectivity index (χ1n) is 14.5. The van der Waals surface area contributed by atoms with Gasteiger partial charge in [0.15, 0.2) is 0 Å². The molecule has 4 rings (SSSR count). The summed E-state index contributed by atoms with van der Waals surface area (Å²) in [5, 5.41) is 31.6. The van der Waals surface area contributed by atoms with E-state index in [9.17, 15) is 10.2 Å². The molecular weight excluding hydrogens is 595 g/mol. The maximum absolute atomic E-state index is 10.9. The van der Waals surface area contributed by atoms with Crippen LogP contribution in [0.25, 0.3) is 10.8 Å². The smallest absolute Gasteiger partial charge is 0.300 e. The average Bonchev–Trinajstić information content (AvgIpc) is 2.91. The van der Waals surface area contributed by atoms with Crippen molar-refractivity contribution >= 4 is 29.2 Å². The molecule has 3 N–H and O–H groups in total. The Hall–Kier alpha value is -3.94. The summed E-state index contributed by atoms with van der Waals surface area (Å²) < 4.78 is 0. The predicted molar refractivity (Wildman–Crippen MR) is 178 cm³/mol. The van der Waals surface area contributed by atoms with Gasteiger partial charge >= 0.3 is 0 Å². The van der Waals surface area contributed by atoms with Gasteiger partial charge in [-0.15, -0.1) is 0 Å². The fourth-order valence-electron chi connectivity index (χ4n) is 4.80. The molecule has 0 aliphatic carbocycles. The van der Waals surface area contributed by atoms with Crippen molar-refractivity contribution in [2.75, 3.05) is 6.54 Å². The number of benzene rings is 4. The first kappa shape index (κ1) is 36.2. The van der Waals surface area contributed by atoms with Crippen LogP contribution in [0, 0.1) is 0 Å². The number of hydrogen-bond donors (Lipinski definition) is 3. The number of para-hydroxylation sites is 2. The molecular formula is C37H44CoN2O4. The summed E-state index contributed by atoms with van der Waals surface area (Å²) in [6.45, 7) is 14.0. The van der Waals surface area contributed by atoms with Crippen molar-refractivity contribution in [1.29, 1.82) is 0 Å². The predicted octanol–water partition coefficient (Wildman–Crippen LogP) is 8.08. The molecule has 235 valence electrons. The number of phenolic OH excluding ortho intramolecular Hbond substituents is 2. The Kier molecular flexibility index (Phi) is 12.9. The van der Waals surface area contributed by atoms with E-state index in [1.165, 1.54) is 16.3 Å². The first-order chi connectivity index (χ1) is 20.2. The van der Waals surface area contributed by atoms with Crippen molar-refractivity contribution in [2.24, 2.45) is 9.98 Å². The molecule has 4 aromatic rings. The van der Waals surface area contributed by atoms with Crippen LogP contribution in [0.5, 0.6) is 11.5 Å². The van der Waals surface area contributed by atoms with Gasteiger partial charge in [0.25, 0.3) is 5.97 Å². The third-order valence-electron chi connectivity index (χ3n) is 7.01. The molecule has 1 unspecified atom stereocenters. The topological polar surface area (TPSA) is 102 Å². The number of aliphatic carboxylic acids is 1. The number of carboxylic acid groups (broad SMARTS) is 1. The molecule has 4 aromatic carbocycles. The van der Waals surface area contributed by atoms with E-state index in [2.05, 4.69) is 77.9 Å². The van der Waals surface area contributed by atoms with Crippen LogP contribution in [-0.2, 0) is 38.8 Å². The number of aromatic hydroxyl groups is 2. The number of phenols is 2. The molecule has 0 heterocycles. The molecule has 44 heavy (non-hydrogen) atoms. The fourth-order valence-corrected chi connectivity index (χ4v) is 4.80. The van der Waals surface area contributed by atoms with E-state index in [1.54, 1.807) is 12.4 Å². The summed E-state index contributed by atoms with van der Waals surface area (Å²) >= 11 is 0. The van der Waals surface area contributed by atoms with Crippen LogP contribution in [0.15, 0.2) is 88.8 Å².